The van der Waals surface area contributed by atoms with Gasteiger partial charge < -0.3 is 4.74 Å². The van der Waals surface area contributed by atoms with Gasteiger partial charge in [-0.3, -0.25) is 0 Å². The van der Waals surface area contributed by atoms with E-state index >= 15 is 0 Å². The third-order valence-electron chi connectivity index (χ3n) is 3.90. The summed E-state index contributed by atoms with van der Waals surface area (Å²) in [5.74, 6) is 1.25. The summed E-state index contributed by atoms with van der Waals surface area (Å²) in [6.45, 7) is 4.47. The lowest BCUT2D eigenvalue weighted by atomic mass is 10.0. The van der Waals surface area contributed by atoms with Crippen LogP contribution in [0.2, 0.25) is 0 Å². The van der Waals surface area contributed by atoms with Crippen LogP contribution in [0.5, 0.6) is 5.75 Å². The Morgan fingerprint density at radius 2 is 2.08 bits per heavy atom. The summed E-state index contributed by atoms with van der Waals surface area (Å²) in [5, 5.41) is 0.812. The van der Waals surface area contributed by atoms with Crippen LogP contribution in [-0.2, 0) is 10.0 Å². The Morgan fingerprint density at radius 3 is 2.75 bits per heavy atom. The lowest BCUT2D eigenvalue weighted by Crippen LogP contribution is -2.43. The van der Waals surface area contributed by atoms with Crippen molar-refractivity contribution >= 4 is 26.0 Å². The van der Waals surface area contributed by atoms with E-state index in [0.717, 1.165) is 18.2 Å². The number of rotatable bonds is 10. The second kappa shape index (κ2) is 8.50. The fourth-order valence-corrected chi connectivity index (χ4v) is 4.07. The van der Waals surface area contributed by atoms with E-state index < -0.39 is 15.6 Å². The molecule has 1 aromatic rings. The zero-order valence-corrected chi connectivity index (χ0v) is 16.7. The Labute approximate surface area is 153 Å². The monoisotopic (exact) mass is 415 g/mol. The minimum absolute atomic E-state index is 0.250. The van der Waals surface area contributed by atoms with Gasteiger partial charge in [0.05, 0.1) is 11.5 Å². The second-order valence-corrected chi connectivity index (χ2v) is 9.21. The molecule has 0 spiro atoms. The average Bonchev–Trinajstić information content (AvgIpc) is 3.33. The number of nitrogens with one attached hydrogen (secondary N) is 1. The predicted molar refractivity (Wildman–Crippen MR) is 101 cm³/mol. The Morgan fingerprint density at radius 1 is 1.33 bits per heavy atom. The molecular formula is C18H26BrNO3S. The van der Waals surface area contributed by atoms with Crippen molar-refractivity contribution < 1.29 is 13.2 Å². The maximum absolute atomic E-state index is 12.6. The van der Waals surface area contributed by atoms with Crippen LogP contribution in [0, 0.1) is 5.92 Å². The van der Waals surface area contributed by atoms with Crippen LogP contribution in [-0.4, -0.2) is 25.9 Å². The molecule has 2 rings (SSSR count). The molecule has 0 saturated heterocycles. The minimum atomic E-state index is -3.57. The molecule has 1 saturated carbocycles. The number of hydrogen-bond acceptors (Lipinski definition) is 3. The molecule has 1 aliphatic rings. The van der Waals surface area contributed by atoms with E-state index in [1.807, 2.05) is 19.9 Å². The summed E-state index contributed by atoms with van der Waals surface area (Å²) in [6.07, 6.45) is 8.04. The number of benzene rings is 1. The predicted octanol–water partition coefficient (Wildman–Crippen LogP) is 4.26. The van der Waals surface area contributed by atoms with E-state index in [1.165, 1.54) is 12.8 Å². The molecule has 24 heavy (non-hydrogen) atoms. The highest BCUT2D eigenvalue weighted by Gasteiger charge is 2.26. The molecule has 1 fully saturated rings. The Kier molecular flexibility index (Phi) is 6.89. The van der Waals surface area contributed by atoms with Crippen molar-refractivity contribution in [1.82, 2.24) is 4.72 Å². The van der Waals surface area contributed by atoms with Gasteiger partial charge in [0, 0.05) is 16.9 Å². The molecule has 0 bridgehead atoms. The van der Waals surface area contributed by atoms with Crippen LogP contribution >= 0.6 is 15.9 Å². The van der Waals surface area contributed by atoms with Crippen LogP contribution in [0.4, 0.5) is 0 Å². The molecule has 134 valence electrons. The molecule has 0 unspecified atom stereocenters. The molecule has 1 aliphatic carbocycles. The summed E-state index contributed by atoms with van der Waals surface area (Å²) in [6, 6.07) is 6.73. The van der Waals surface area contributed by atoms with E-state index in [-0.39, 0.29) is 4.90 Å². The average molecular weight is 416 g/mol. The molecule has 4 nitrogen and oxygen atoms in total. The van der Waals surface area contributed by atoms with Crippen molar-refractivity contribution in [1.29, 1.82) is 0 Å². The second-order valence-electron chi connectivity index (χ2n) is 6.88. The number of ether oxygens (including phenoxy) is 1. The Hall–Kier alpha value is -0.850. The van der Waals surface area contributed by atoms with Crippen molar-refractivity contribution in [3.05, 3.63) is 36.4 Å². The first-order valence-electron chi connectivity index (χ1n) is 8.30. The lowest BCUT2D eigenvalue weighted by molar-refractivity contribution is 0.299. The number of allylic oxidation sites excluding steroid dienone is 2. The van der Waals surface area contributed by atoms with Gasteiger partial charge in [-0.1, -0.05) is 34.1 Å². The van der Waals surface area contributed by atoms with Gasteiger partial charge in [0.25, 0.3) is 0 Å². The largest absolute Gasteiger partial charge is 0.493 e. The van der Waals surface area contributed by atoms with Crippen molar-refractivity contribution in [2.24, 2.45) is 5.92 Å². The van der Waals surface area contributed by atoms with Gasteiger partial charge in [-0.2, -0.15) is 0 Å². The number of halogens is 1. The first-order valence-corrected chi connectivity index (χ1v) is 10.9. The maximum atomic E-state index is 12.6. The molecule has 6 heteroatoms. The zero-order chi connectivity index (χ0) is 17.6. The van der Waals surface area contributed by atoms with Crippen LogP contribution < -0.4 is 9.46 Å². The molecule has 0 heterocycles. The molecule has 0 aromatic heterocycles. The van der Waals surface area contributed by atoms with Crippen molar-refractivity contribution in [3.8, 4) is 5.75 Å². The third kappa shape index (κ3) is 6.57. The zero-order valence-electron chi connectivity index (χ0n) is 14.3. The van der Waals surface area contributed by atoms with Crippen LogP contribution in [0.3, 0.4) is 0 Å². The Bertz CT molecular complexity index is 667. The summed E-state index contributed by atoms with van der Waals surface area (Å²) in [7, 11) is -3.57. The van der Waals surface area contributed by atoms with E-state index in [0.29, 0.717) is 18.3 Å². The molecular weight excluding hydrogens is 390 g/mol. The minimum Gasteiger partial charge on any atom is -0.493 e. The normalized spacial score (nSPS) is 15.8. The smallest absolute Gasteiger partial charge is 0.241 e. The first-order chi connectivity index (χ1) is 11.3. The summed E-state index contributed by atoms with van der Waals surface area (Å²) < 4.78 is 33.8. The highest BCUT2D eigenvalue weighted by atomic mass is 79.9. The molecule has 0 aliphatic heterocycles. The van der Waals surface area contributed by atoms with E-state index in [1.54, 1.807) is 24.3 Å². The van der Waals surface area contributed by atoms with Gasteiger partial charge in [-0.15, -0.1) is 0 Å². The van der Waals surface area contributed by atoms with Crippen LogP contribution in [0.1, 0.15) is 39.5 Å². The topological polar surface area (TPSA) is 55.4 Å². The molecule has 0 amide bonds. The Balaban J connectivity index is 1.99. The summed E-state index contributed by atoms with van der Waals surface area (Å²) in [5.41, 5.74) is -0.514. The molecule has 0 radical (unpaired) electrons. The molecule has 1 aromatic carbocycles. The van der Waals surface area contributed by atoms with Gasteiger partial charge >= 0.3 is 0 Å². The number of alkyl halides is 1. The van der Waals surface area contributed by atoms with Gasteiger partial charge in [0.15, 0.2) is 0 Å². The van der Waals surface area contributed by atoms with Gasteiger partial charge in [-0.05, 0) is 57.6 Å². The van der Waals surface area contributed by atoms with E-state index in [4.69, 9.17) is 4.74 Å². The fraction of sp³-hybridized carbons (Fsp3) is 0.556. The third-order valence-corrected chi connectivity index (χ3v) is 5.97. The molecule has 0 atom stereocenters. The van der Waals surface area contributed by atoms with Gasteiger partial charge in [-0.25, -0.2) is 13.1 Å². The molecule has 1 N–H and O–H groups in total. The van der Waals surface area contributed by atoms with E-state index in [9.17, 15) is 8.42 Å². The van der Waals surface area contributed by atoms with Gasteiger partial charge in [0.2, 0.25) is 10.0 Å². The standard InChI is InChI=1S/C18H26BrNO3S/c1-18(2,11-4-3-5-12-19)20-24(21,22)17-8-6-7-16(13-17)23-14-15-9-10-15/h3,5-8,13,15,20H,4,9-12,14H2,1-2H3/b5-3+. The van der Waals surface area contributed by atoms with Crippen molar-refractivity contribution in [2.75, 3.05) is 11.9 Å². The van der Waals surface area contributed by atoms with Crippen molar-refractivity contribution in [3.63, 3.8) is 0 Å². The quantitative estimate of drug-likeness (QED) is 0.458. The SMILES string of the molecule is CC(C)(CC/C=C/CBr)NS(=O)(=O)c1cccc(OCC2CC2)c1. The van der Waals surface area contributed by atoms with Crippen molar-refractivity contribution in [2.45, 2.75) is 50.0 Å². The summed E-state index contributed by atoms with van der Waals surface area (Å²) in [4.78, 5) is 0.250. The number of hydrogen-bond donors (Lipinski definition) is 1. The number of sulfonamides is 1. The lowest BCUT2D eigenvalue weighted by Gasteiger charge is -2.25. The van der Waals surface area contributed by atoms with Crippen LogP contribution in [0.25, 0.3) is 0 Å². The maximum Gasteiger partial charge on any atom is 0.241 e. The van der Waals surface area contributed by atoms with E-state index in [2.05, 4.69) is 26.7 Å². The van der Waals surface area contributed by atoms with Gasteiger partial charge in [0.1, 0.15) is 5.75 Å². The van der Waals surface area contributed by atoms with Crippen LogP contribution in [0.15, 0.2) is 41.3 Å². The summed E-state index contributed by atoms with van der Waals surface area (Å²) >= 11 is 3.33. The highest BCUT2D eigenvalue weighted by molar-refractivity contribution is 9.09. The first kappa shape index (κ1) is 19.5. The fourth-order valence-electron chi connectivity index (χ4n) is 2.33. The highest BCUT2D eigenvalue weighted by Crippen LogP contribution is 2.30.